The Morgan fingerprint density at radius 3 is 2.24 bits per heavy atom. The van der Waals surface area contributed by atoms with Crippen molar-refractivity contribution in [1.82, 2.24) is 10.2 Å². The minimum absolute atomic E-state index is 0.0859. The highest BCUT2D eigenvalue weighted by Crippen LogP contribution is 2.26. The number of methoxy groups -OCH3 is 1. The van der Waals surface area contributed by atoms with E-state index in [0.29, 0.717) is 17.9 Å². The highest BCUT2D eigenvalue weighted by atomic mass is 32.2. The van der Waals surface area contributed by atoms with Crippen LogP contribution in [0.25, 0.3) is 0 Å². The Balaban J connectivity index is 1.71. The minimum atomic E-state index is -4.09. The predicted molar refractivity (Wildman–Crippen MR) is 165 cm³/mol. The van der Waals surface area contributed by atoms with Crippen molar-refractivity contribution >= 4 is 27.5 Å². The number of sulfonamides is 1. The standard InChI is InChI=1S/C33H41N3O5S/c1-4-25-18-20-28(21-19-25)36(42(39,40)30-16-7-6-8-17-30)24-32(37)35(23-26-12-11-15-29(22-26)41-3)31(5-2)33(38)34-27-13-9-10-14-27/h6-8,11-12,15-22,27,31H,4-5,9-10,13-14,23-24H2,1-3H3,(H,34,38)/t31-/m1/s1. The van der Waals surface area contributed by atoms with Crippen molar-refractivity contribution in [3.8, 4) is 5.75 Å². The van der Waals surface area contributed by atoms with Crippen molar-refractivity contribution in [2.75, 3.05) is 18.0 Å². The molecule has 0 heterocycles. The Kier molecular flexibility index (Phi) is 10.6. The van der Waals surface area contributed by atoms with Gasteiger partial charge in [0.25, 0.3) is 10.0 Å². The van der Waals surface area contributed by atoms with E-state index in [4.69, 9.17) is 4.74 Å². The van der Waals surface area contributed by atoms with Gasteiger partial charge < -0.3 is 15.0 Å². The maximum absolute atomic E-state index is 14.2. The smallest absolute Gasteiger partial charge is 0.264 e. The van der Waals surface area contributed by atoms with Gasteiger partial charge in [-0.2, -0.15) is 0 Å². The zero-order valence-corrected chi connectivity index (χ0v) is 25.5. The van der Waals surface area contributed by atoms with E-state index < -0.39 is 28.5 Å². The van der Waals surface area contributed by atoms with E-state index in [9.17, 15) is 18.0 Å². The summed E-state index contributed by atoms with van der Waals surface area (Å²) in [5, 5.41) is 3.14. The summed E-state index contributed by atoms with van der Waals surface area (Å²) in [5.41, 5.74) is 2.21. The first-order chi connectivity index (χ1) is 20.3. The minimum Gasteiger partial charge on any atom is -0.497 e. The van der Waals surface area contributed by atoms with Crippen LogP contribution in [0.1, 0.15) is 57.1 Å². The van der Waals surface area contributed by atoms with Crippen LogP contribution in [0.5, 0.6) is 5.75 Å². The summed E-state index contributed by atoms with van der Waals surface area (Å²) in [6.07, 6.45) is 5.15. The maximum atomic E-state index is 14.2. The van der Waals surface area contributed by atoms with Crippen molar-refractivity contribution in [2.45, 2.75) is 75.9 Å². The summed E-state index contributed by atoms with van der Waals surface area (Å²) >= 11 is 0. The van der Waals surface area contributed by atoms with E-state index in [1.165, 1.54) is 17.0 Å². The van der Waals surface area contributed by atoms with Gasteiger partial charge in [-0.15, -0.1) is 0 Å². The highest BCUT2D eigenvalue weighted by molar-refractivity contribution is 7.92. The number of carbonyl (C=O) groups is 2. The molecule has 0 aliphatic heterocycles. The Hall–Kier alpha value is -3.85. The molecule has 0 radical (unpaired) electrons. The lowest BCUT2D eigenvalue weighted by Crippen LogP contribution is -2.53. The first-order valence-electron chi connectivity index (χ1n) is 14.7. The van der Waals surface area contributed by atoms with E-state index in [1.807, 2.05) is 50.2 Å². The van der Waals surface area contributed by atoms with Gasteiger partial charge in [0, 0.05) is 12.6 Å². The van der Waals surface area contributed by atoms with Gasteiger partial charge in [-0.25, -0.2) is 8.42 Å². The fourth-order valence-corrected chi connectivity index (χ4v) is 6.84. The Bertz CT molecular complexity index is 1440. The molecular formula is C33H41N3O5S. The Labute approximate surface area is 249 Å². The van der Waals surface area contributed by atoms with Gasteiger partial charge in [0.15, 0.2) is 0 Å². The number of nitrogens with zero attached hydrogens (tertiary/aromatic N) is 2. The molecule has 3 aromatic carbocycles. The second-order valence-electron chi connectivity index (χ2n) is 10.6. The quantitative estimate of drug-likeness (QED) is 0.290. The number of rotatable bonds is 13. The van der Waals surface area contributed by atoms with Crippen molar-refractivity contribution in [1.29, 1.82) is 0 Å². The van der Waals surface area contributed by atoms with Gasteiger partial charge >= 0.3 is 0 Å². The van der Waals surface area contributed by atoms with Crippen LogP contribution in [0.3, 0.4) is 0 Å². The molecule has 8 nitrogen and oxygen atoms in total. The zero-order chi connectivity index (χ0) is 30.1. The molecule has 0 unspecified atom stereocenters. The summed E-state index contributed by atoms with van der Waals surface area (Å²) in [4.78, 5) is 29.4. The van der Waals surface area contributed by atoms with Crippen molar-refractivity contribution < 1.29 is 22.7 Å². The number of hydrogen-bond donors (Lipinski definition) is 1. The van der Waals surface area contributed by atoms with Crippen LogP contribution in [0.2, 0.25) is 0 Å². The van der Waals surface area contributed by atoms with Crippen LogP contribution in [0, 0.1) is 0 Å². The van der Waals surface area contributed by atoms with Gasteiger partial charge in [0.1, 0.15) is 18.3 Å². The number of amides is 2. The first kappa shape index (κ1) is 31.1. The SMILES string of the molecule is CCc1ccc(N(CC(=O)N(Cc2cccc(OC)c2)[C@H](CC)C(=O)NC2CCCC2)S(=O)(=O)c2ccccc2)cc1. The normalized spacial score (nSPS) is 14.3. The van der Waals surface area contributed by atoms with E-state index >= 15 is 0 Å². The molecule has 1 saturated carbocycles. The number of nitrogens with one attached hydrogen (secondary N) is 1. The molecule has 1 N–H and O–H groups in total. The number of benzene rings is 3. The van der Waals surface area contributed by atoms with Crippen LogP contribution < -0.4 is 14.4 Å². The lowest BCUT2D eigenvalue weighted by molar-refractivity contribution is -0.140. The summed E-state index contributed by atoms with van der Waals surface area (Å²) in [6.45, 7) is 3.56. The van der Waals surface area contributed by atoms with Crippen molar-refractivity contribution in [3.63, 3.8) is 0 Å². The highest BCUT2D eigenvalue weighted by Gasteiger charge is 2.34. The van der Waals surface area contributed by atoms with Gasteiger partial charge in [0.05, 0.1) is 17.7 Å². The van der Waals surface area contributed by atoms with Crippen LogP contribution in [-0.2, 0) is 32.6 Å². The third-order valence-corrected chi connectivity index (χ3v) is 9.61. The summed E-state index contributed by atoms with van der Waals surface area (Å²) in [5.74, 6) is -0.0524. The molecule has 0 spiro atoms. The Morgan fingerprint density at radius 2 is 1.62 bits per heavy atom. The number of hydrogen-bond acceptors (Lipinski definition) is 5. The average molecular weight is 592 g/mol. The molecule has 224 valence electrons. The molecule has 42 heavy (non-hydrogen) atoms. The number of aryl methyl sites for hydroxylation is 1. The molecule has 0 bridgehead atoms. The molecule has 9 heteroatoms. The van der Waals surface area contributed by atoms with Gasteiger partial charge in [0.2, 0.25) is 11.8 Å². The molecule has 1 aliphatic rings. The maximum Gasteiger partial charge on any atom is 0.264 e. The number of ether oxygens (including phenoxy) is 1. The molecule has 1 fully saturated rings. The lowest BCUT2D eigenvalue weighted by Gasteiger charge is -2.34. The van der Waals surface area contributed by atoms with Crippen LogP contribution >= 0.6 is 0 Å². The predicted octanol–water partition coefficient (Wildman–Crippen LogP) is 5.32. The number of anilines is 1. The van der Waals surface area contributed by atoms with Crippen molar-refractivity contribution in [2.24, 2.45) is 0 Å². The molecule has 0 saturated heterocycles. The summed E-state index contributed by atoms with van der Waals surface area (Å²) in [6, 6.07) is 21.9. The van der Waals surface area contributed by atoms with Gasteiger partial charge in [-0.3, -0.25) is 13.9 Å². The third-order valence-electron chi connectivity index (χ3n) is 7.82. The second kappa shape index (κ2) is 14.4. The molecule has 4 rings (SSSR count). The monoisotopic (exact) mass is 591 g/mol. The fourth-order valence-electron chi connectivity index (χ4n) is 5.40. The third kappa shape index (κ3) is 7.50. The largest absolute Gasteiger partial charge is 0.497 e. The van der Waals surface area contributed by atoms with Gasteiger partial charge in [-0.1, -0.05) is 69.2 Å². The first-order valence-corrected chi connectivity index (χ1v) is 16.1. The molecular weight excluding hydrogens is 550 g/mol. The zero-order valence-electron chi connectivity index (χ0n) is 24.7. The molecule has 1 atom stereocenters. The van der Waals surface area contributed by atoms with E-state index in [1.54, 1.807) is 37.4 Å². The average Bonchev–Trinajstić information content (AvgIpc) is 3.53. The summed E-state index contributed by atoms with van der Waals surface area (Å²) < 4.78 is 34.4. The Morgan fingerprint density at radius 1 is 0.929 bits per heavy atom. The topological polar surface area (TPSA) is 96.0 Å². The van der Waals surface area contributed by atoms with Crippen LogP contribution in [0.4, 0.5) is 5.69 Å². The van der Waals surface area contributed by atoms with Crippen LogP contribution in [0.15, 0.2) is 83.8 Å². The lowest BCUT2D eigenvalue weighted by atomic mass is 10.1. The van der Waals surface area contributed by atoms with E-state index in [-0.39, 0.29) is 23.4 Å². The second-order valence-corrected chi connectivity index (χ2v) is 12.5. The van der Waals surface area contributed by atoms with Gasteiger partial charge in [-0.05, 0) is 73.2 Å². The molecule has 1 aliphatic carbocycles. The van der Waals surface area contributed by atoms with E-state index in [0.717, 1.165) is 47.5 Å². The fraction of sp³-hybridized carbons (Fsp3) is 0.394. The molecule has 3 aromatic rings. The number of carbonyl (C=O) groups excluding carboxylic acids is 2. The van der Waals surface area contributed by atoms with Crippen molar-refractivity contribution in [3.05, 3.63) is 90.0 Å². The molecule has 2 amide bonds. The van der Waals surface area contributed by atoms with E-state index in [2.05, 4.69) is 5.32 Å². The summed E-state index contributed by atoms with van der Waals surface area (Å²) in [7, 11) is -2.52. The molecule has 0 aromatic heterocycles. The van der Waals surface area contributed by atoms with Crippen LogP contribution in [-0.4, -0.2) is 50.9 Å².